The first-order valence-electron chi connectivity index (χ1n) is 2.92. The summed E-state index contributed by atoms with van der Waals surface area (Å²) >= 11 is 0. The maximum absolute atomic E-state index is 11.3. The molecule has 0 amide bonds. The highest BCUT2D eigenvalue weighted by molar-refractivity contribution is 4.32. The Morgan fingerprint density at radius 3 is 2.33 bits per heavy atom. The molecule has 0 spiro atoms. The summed E-state index contributed by atoms with van der Waals surface area (Å²) in [6.07, 6.45) is 0. The fraction of sp³-hybridized carbons (Fsp3) is 0.833. The minimum absolute atomic E-state index is 0.167. The third-order valence-electron chi connectivity index (χ3n) is 0.738. The molecule has 0 aromatic heterocycles. The van der Waals surface area contributed by atoms with Gasteiger partial charge in [0.2, 0.25) is 0 Å². The molecule has 1 radical (unpaired) electrons. The van der Waals surface area contributed by atoms with Gasteiger partial charge < -0.3 is 9.47 Å². The topological polar surface area (TPSA) is 18.5 Å². The Kier molecular flexibility index (Phi) is 7.72. The molecule has 0 aliphatic rings. The smallest absolute Gasteiger partial charge is 0.113 e. The highest BCUT2D eigenvalue weighted by Crippen LogP contribution is 1.77. The third kappa shape index (κ3) is 7.85. The quantitative estimate of drug-likeness (QED) is 0.502. The van der Waals surface area contributed by atoms with Gasteiger partial charge >= 0.3 is 0 Å². The van der Waals surface area contributed by atoms with Crippen LogP contribution in [0.25, 0.3) is 0 Å². The van der Waals surface area contributed by atoms with Gasteiger partial charge in [-0.25, -0.2) is 4.39 Å². The highest BCUT2D eigenvalue weighted by atomic mass is 19.1. The summed E-state index contributed by atoms with van der Waals surface area (Å²) in [5.74, 6) is 0. The van der Waals surface area contributed by atoms with Gasteiger partial charge in [0.05, 0.1) is 19.8 Å². The number of rotatable bonds is 6. The Hall–Kier alpha value is -0.150. The second-order valence-corrected chi connectivity index (χ2v) is 1.41. The Labute approximate surface area is 55.0 Å². The molecule has 0 saturated carbocycles. The lowest BCUT2D eigenvalue weighted by Crippen LogP contribution is -2.05. The van der Waals surface area contributed by atoms with Gasteiger partial charge in [-0.05, 0) is 6.92 Å². The standard InChI is InChI=1S/C6H12FO2/c1-2-8-5-6-9-4-3-7/h1-6H2. The zero-order chi connectivity index (χ0) is 6.95. The molecule has 0 aliphatic carbocycles. The van der Waals surface area contributed by atoms with E-state index in [1.807, 2.05) is 0 Å². The van der Waals surface area contributed by atoms with Crippen molar-refractivity contribution >= 4 is 0 Å². The van der Waals surface area contributed by atoms with Crippen LogP contribution in [-0.4, -0.2) is 33.1 Å². The zero-order valence-corrected chi connectivity index (χ0v) is 5.44. The van der Waals surface area contributed by atoms with Crippen molar-refractivity contribution < 1.29 is 13.9 Å². The summed E-state index contributed by atoms with van der Waals surface area (Å²) in [4.78, 5) is 0. The molecule has 55 valence electrons. The first-order valence-corrected chi connectivity index (χ1v) is 2.92. The van der Waals surface area contributed by atoms with Crippen molar-refractivity contribution in [3.05, 3.63) is 6.92 Å². The van der Waals surface area contributed by atoms with Crippen LogP contribution in [0.1, 0.15) is 0 Å². The van der Waals surface area contributed by atoms with Gasteiger partial charge in [-0.3, -0.25) is 0 Å². The van der Waals surface area contributed by atoms with Crippen molar-refractivity contribution in [2.24, 2.45) is 0 Å². The van der Waals surface area contributed by atoms with E-state index in [4.69, 9.17) is 9.47 Å². The minimum atomic E-state index is -0.426. The van der Waals surface area contributed by atoms with Gasteiger partial charge in [0, 0.05) is 6.61 Å². The fourth-order valence-corrected chi connectivity index (χ4v) is 0.377. The van der Waals surface area contributed by atoms with Crippen LogP contribution in [-0.2, 0) is 9.47 Å². The van der Waals surface area contributed by atoms with E-state index in [0.29, 0.717) is 19.8 Å². The molecule has 0 N–H and O–H groups in total. The van der Waals surface area contributed by atoms with Crippen LogP contribution in [0.5, 0.6) is 0 Å². The molecular formula is C6H12FO2. The van der Waals surface area contributed by atoms with E-state index in [-0.39, 0.29) is 6.61 Å². The van der Waals surface area contributed by atoms with Crippen molar-refractivity contribution in [3.8, 4) is 0 Å². The molecule has 0 bridgehead atoms. The summed E-state index contributed by atoms with van der Waals surface area (Å²) in [7, 11) is 0. The van der Waals surface area contributed by atoms with E-state index < -0.39 is 6.67 Å². The number of halogens is 1. The second-order valence-electron chi connectivity index (χ2n) is 1.41. The van der Waals surface area contributed by atoms with Crippen LogP contribution >= 0.6 is 0 Å². The summed E-state index contributed by atoms with van der Waals surface area (Å²) < 4.78 is 20.9. The molecule has 0 unspecified atom stereocenters. The van der Waals surface area contributed by atoms with Gasteiger partial charge in [0.1, 0.15) is 6.67 Å². The summed E-state index contributed by atoms with van der Waals surface area (Å²) in [6, 6.07) is 0. The van der Waals surface area contributed by atoms with Gasteiger partial charge in [-0.1, -0.05) is 0 Å². The molecule has 0 aromatic rings. The lowest BCUT2D eigenvalue weighted by molar-refractivity contribution is 0.0521. The van der Waals surface area contributed by atoms with Crippen LogP contribution in [0, 0.1) is 6.92 Å². The van der Waals surface area contributed by atoms with E-state index in [1.165, 1.54) is 0 Å². The average Bonchev–Trinajstić information content (AvgIpc) is 1.89. The fourth-order valence-electron chi connectivity index (χ4n) is 0.377. The molecule has 3 heteroatoms. The third-order valence-corrected chi connectivity index (χ3v) is 0.738. The van der Waals surface area contributed by atoms with E-state index >= 15 is 0 Å². The SMILES string of the molecule is [CH2]COCCOCCF. The molecule has 0 saturated heterocycles. The largest absolute Gasteiger partial charge is 0.379 e. The normalized spacial score (nSPS) is 10.0. The number of hydrogen-bond donors (Lipinski definition) is 0. The lowest BCUT2D eigenvalue weighted by Gasteiger charge is -1.99. The number of alkyl halides is 1. The van der Waals surface area contributed by atoms with Gasteiger partial charge in [-0.2, -0.15) is 0 Å². The summed E-state index contributed by atoms with van der Waals surface area (Å²) in [5.41, 5.74) is 0. The predicted octanol–water partition coefficient (Wildman–Crippen LogP) is 0.823. The average molecular weight is 135 g/mol. The van der Waals surface area contributed by atoms with Crippen LogP contribution in [0.3, 0.4) is 0 Å². The van der Waals surface area contributed by atoms with E-state index in [1.54, 1.807) is 0 Å². The molecular weight excluding hydrogens is 123 g/mol. The van der Waals surface area contributed by atoms with Gasteiger partial charge in [0.25, 0.3) is 0 Å². The van der Waals surface area contributed by atoms with Crippen molar-refractivity contribution in [1.29, 1.82) is 0 Å². The van der Waals surface area contributed by atoms with Crippen molar-refractivity contribution in [2.45, 2.75) is 0 Å². The Morgan fingerprint density at radius 2 is 1.78 bits per heavy atom. The Morgan fingerprint density at radius 1 is 1.11 bits per heavy atom. The molecule has 9 heavy (non-hydrogen) atoms. The Balaban J connectivity index is 2.60. The lowest BCUT2D eigenvalue weighted by atomic mass is 10.7. The maximum atomic E-state index is 11.3. The van der Waals surface area contributed by atoms with E-state index in [2.05, 4.69) is 6.92 Å². The predicted molar refractivity (Wildman–Crippen MR) is 33.0 cm³/mol. The molecule has 0 fully saturated rings. The van der Waals surface area contributed by atoms with Gasteiger partial charge in [0.15, 0.2) is 0 Å². The summed E-state index contributed by atoms with van der Waals surface area (Å²) in [5, 5.41) is 0. The Bertz CT molecular complexity index is 44.3. The van der Waals surface area contributed by atoms with Crippen LogP contribution in [0.2, 0.25) is 0 Å². The molecule has 0 atom stereocenters. The summed E-state index contributed by atoms with van der Waals surface area (Å²) in [6.45, 7) is 4.60. The van der Waals surface area contributed by atoms with Crippen molar-refractivity contribution in [3.63, 3.8) is 0 Å². The van der Waals surface area contributed by atoms with Crippen molar-refractivity contribution in [2.75, 3.05) is 33.1 Å². The first kappa shape index (κ1) is 8.85. The number of ether oxygens (including phenoxy) is 2. The van der Waals surface area contributed by atoms with Crippen molar-refractivity contribution in [1.82, 2.24) is 0 Å². The number of hydrogen-bond acceptors (Lipinski definition) is 2. The molecule has 0 heterocycles. The molecule has 0 rings (SSSR count). The van der Waals surface area contributed by atoms with Gasteiger partial charge in [-0.15, -0.1) is 0 Å². The monoisotopic (exact) mass is 135 g/mol. The maximum Gasteiger partial charge on any atom is 0.113 e. The van der Waals surface area contributed by atoms with E-state index in [0.717, 1.165) is 0 Å². The first-order chi connectivity index (χ1) is 4.41. The molecule has 0 aromatic carbocycles. The molecule has 0 aliphatic heterocycles. The van der Waals surface area contributed by atoms with Crippen LogP contribution < -0.4 is 0 Å². The minimum Gasteiger partial charge on any atom is -0.379 e. The zero-order valence-electron chi connectivity index (χ0n) is 5.44. The van der Waals surface area contributed by atoms with Crippen LogP contribution in [0.4, 0.5) is 4.39 Å². The van der Waals surface area contributed by atoms with Crippen LogP contribution in [0.15, 0.2) is 0 Å². The highest BCUT2D eigenvalue weighted by Gasteiger charge is 1.85. The second kappa shape index (κ2) is 7.85. The van der Waals surface area contributed by atoms with E-state index in [9.17, 15) is 4.39 Å². The molecule has 2 nitrogen and oxygen atoms in total.